The van der Waals surface area contributed by atoms with Gasteiger partial charge in [-0.25, -0.2) is 4.68 Å². The highest BCUT2D eigenvalue weighted by molar-refractivity contribution is 5.98. The van der Waals surface area contributed by atoms with Crippen LogP contribution in [0.3, 0.4) is 0 Å². The fourth-order valence-corrected chi connectivity index (χ4v) is 5.39. The lowest BCUT2D eigenvalue weighted by Gasteiger charge is -2.36. The number of aryl methyl sites for hydroxylation is 1. The van der Waals surface area contributed by atoms with Gasteiger partial charge in [0.25, 0.3) is 0 Å². The van der Waals surface area contributed by atoms with Gasteiger partial charge < -0.3 is 9.47 Å². The van der Waals surface area contributed by atoms with E-state index in [0.29, 0.717) is 23.0 Å². The van der Waals surface area contributed by atoms with Gasteiger partial charge in [-0.05, 0) is 74.1 Å². The number of rotatable bonds is 7. The molecule has 3 aromatic rings. The summed E-state index contributed by atoms with van der Waals surface area (Å²) in [6.07, 6.45) is 4.09. The fourth-order valence-electron chi connectivity index (χ4n) is 5.39. The summed E-state index contributed by atoms with van der Waals surface area (Å²) in [6, 6.07) is 7.94. The van der Waals surface area contributed by atoms with Crippen LogP contribution in [0.2, 0.25) is 0 Å². The average Bonchev–Trinajstić information content (AvgIpc) is 3.30. The molecule has 1 aliphatic heterocycles. The number of nitrogens with zero attached hydrogens (tertiary/aromatic N) is 4. The maximum absolute atomic E-state index is 13.1. The number of benzene rings is 1. The van der Waals surface area contributed by atoms with Crippen LogP contribution in [0.1, 0.15) is 52.1 Å². The van der Waals surface area contributed by atoms with Gasteiger partial charge in [-0.2, -0.15) is 5.10 Å². The van der Waals surface area contributed by atoms with Gasteiger partial charge in [-0.3, -0.25) is 14.7 Å². The largest absolute Gasteiger partial charge is 0.573 e. The van der Waals surface area contributed by atoms with E-state index in [0.717, 1.165) is 62.4 Å². The Balaban J connectivity index is 1.24. The number of ketones is 1. The molecule has 7 nitrogen and oxygen atoms in total. The molecule has 1 unspecified atom stereocenters. The number of carbonyl (C=O) groups is 1. The van der Waals surface area contributed by atoms with E-state index in [4.69, 9.17) is 9.72 Å². The van der Waals surface area contributed by atoms with Gasteiger partial charge in [0, 0.05) is 31.7 Å². The monoisotopic (exact) mass is 540 g/mol. The van der Waals surface area contributed by atoms with Crippen molar-refractivity contribution < 1.29 is 27.4 Å². The molecular weight excluding hydrogens is 509 g/mol. The van der Waals surface area contributed by atoms with Crippen LogP contribution in [0.5, 0.6) is 5.75 Å². The predicted molar refractivity (Wildman–Crippen MR) is 140 cm³/mol. The second kappa shape index (κ2) is 11.3. The van der Waals surface area contributed by atoms with Crippen molar-refractivity contribution in [2.45, 2.75) is 51.9 Å². The molecule has 1 aromatic carbocycles. The van der Waals surface area contributed by atoms with Crippen LogP contribution in [0.25, 0.3) is 11.3 Å². The summed E-state index contributed by atoms with van der Waals surface area (Å²) >= 11 is 0. The minimum Gasteiger partial charge on any atom is -0.406 e. The summed E-state index contributed by atoms with van der Waals surface area (Å²) in [7, 11) is 0. The van der Waals surface area contributed by atoms with Gasteiger partial charge in [0.05, 0.1) is 42.0 Å². The van der Waals surface area contributed by atoms with Crippen LogP contribution in [0.4, 0.5) is 13.2 Å². The summed E-state index contributed by atoms with van der Waals surface area (Å²) in [4.78, 5) is 20.4. The third-order valence-corrected chi connectivity index (χ3v) is 7.37. The Kier molecular flexibility index (Phi) is 7.86. The van der Waals surface area contributed by atoms with Crippen LogP contribution < -0.4 is 4.74 Å². The van der Waals surface area contributed by atoms with E-state index in [9.17, 15) is 18.0 Å². The van der Waals surface area contributed by atoms with Gasteiger partial charge in [0.1, 0.15) is 5.75 Å². The molecule has 1 saturated heterocycles. The Morgan fingerprint density at radius 1 is 1.13 bits per heavy atom. The molecule has 0 radical (unpaired) electrons. The van der Waals surface area contributed by atoms with Gasteiger partial charge in [-0.1, -0.05) is 12.1 Å². The number of aromatic nitrogens is 3. The highest BCUT2D eigenvalue weighted by atomic mass is 19.4. The number of allylic oxidation sites excluding steroid dienone is 1. The van der Waals surface area contributed by atoms with Gasteiger partial charge in [0.2, 0.25) is 0 Å². The van der Waals surface area contributed by atoms with Crippen molar-refractivity contribution >= 4 is 11.4 Å². The second-order valence-corrected chi connectivity index (χ2v) is 10.0. The Morgan fingerprint density at radius 3 is 2.51 bits per heavy atom. The van der Waals surface area contributed by atoms with E-state index >= 15 is 0 Å². The Bertz CT molecular complexity index is 1360. The van der Waals surface area contributed by atoms with E-state index in [2.05, 4.69) is 20.8 Å². The van der Waals surface area contributed by atoms with E-state index in [1.165, 1.54) is 40.7 Å². The number of carbonyl (C=O) groups excluding carboxylic acids is 1. The van der Waals surface area contributed by atoms with Crippen molar-refractivity contribution in [3.8, 4) is 11.4 Å². The minimum atomic E-state index is -4.76. The quantitative estimate of drug-likeness (QED) is 0.370. The van der Waals surface area contributed by atoms with Gasteiger partial charge in [-0.15, -0.1) is 13.2 Å². The smallest absolute Gasteiger partial charge is 0.406 e. The lowest BCUT2D eigenvalue weighted by molar-refractivity contribution is -0.274. The van der Waals surface area contributed by atoms with Crippen molar-refractivity contribution in [3.63, 3.8) is 0 Å². The Labute approximate surface area is 225 Å². The molecule has 206 valence electrons. The van der Waals surface area contributed by atoms with Gasteiger partial charge in [0.15, 0.2) is 5.78 Å². The average molecular weight is 541 g/mol. The van der Waals surface area contributed by atoms with Crippen molar-refractivity contribution in [1.82, 2.24) is 19.7 Å². The van der Waals surface area contributed by atoms with Crippen molar-refractivity contribution in [3.05, 3.63) is 76.9 Å². The highest BCUT2D eigenvalue weighted by Crippen LogP contribution is 2.31. The molecule has 0 amide bonds. The zero-order valence-corrected chi connectivity index (χ0v) is 22.0. The predicted octanol–water partition coefficient (Wildman–Crippen LogP) is 5.48. The second-order valence-electron chi connectivity index (χ2n) is 10.0. The summed E-state index contributed by atoms with van der Waals surface area (Å²) in [5.74, 6) is -0.422. The number of ether oxygens (including phenoxy) is 2. The highest BCUT2D eigenvalue weighted by Gasteiger charge is 2.31. The maximum atomic E-state index is 13.1. The molecule has 3 heterocycles. The Morgan fingerprint density at radius 2 is 1.87 bits per heavy atom. The molecule has 2 aliphatic rings. The van der Waals surface area contributed by atoms with Crippen LogP contribution in [-0.4, -0.2) is 64.2 Å². The molecule has 5 rings (SSSR count). The van der Waals surface area contributed by atoms with Crippen molar-refractivity contribution in [2.75, 3.05) is 26.3 Å². The number of hydrogen-bond acceptors (Lipinski definition) is 6. The molecule has 39 heavy (non-hydrogen) atoms. The van der Waals surface area contributed by atoms with Crippen LogP contribution in [-0.2, 0) is 11.2 Å². The number of Topliss-reactive ketones (excluding diaryl/α,β-unsaturated/α-hetero) is 1. The molecule has 10 heteroatoms. The van der Waals surface area contributed by atoms with E-state index in [-0.39, 0.29) is 18.0 Å². The lowest BCUT2D eigenvalue weighted by atomic mass is 9.90. The molecule has 1 fully saturated rings. The molecule has 0 spiro atoms. The summed E-state index contributed by atoms with van der Waals surface area (Å²) in [5, 5.41) is 4.28. The number of pyridine rings is 1. The first-order valence-electron chi connectivity index (χ1n) is 13.1. The van der Waals surface area contributed by atoms with E-state index in [1.807, 2.05) is 13.0 Å². The fraction of sp³-hybridized carbons (Fsp3) is 0.414. The third kappa shape index (κ3) is 6.39. The van der Waals surface area contributed by atoms with E-state index < -0.39 is 6.36 Å². The third-order valence-electron chi connectivity index (χ3n) is 7.37. The molecule has 0 N–H and O–H groups in total. The van der Waals surface area contributed by atoms with Crippen molar-refractivity contribution in [2.24, 2.45) is 0 Å². The van der Waals surface area contributed by atoms with Crippen LogP contribution >= 0.6 is 0 Å². The summed E-state index contributed by atoms with van der Waals surface area (Å²) in [5.41, 5.74) is 5.71. The lowest BCUT2D eigenvalue weighted by Crippen LogP contribution is -2.43. The number of morpholine rings is 1. The normalized spacial score (nSPS) is 18.6. The minimum absolute atomic E-state index is 0.102. The SMILES string of the molecule is Cc1cc(CC(=O)c2cnn(-c3ccc(OC(F)(F)F)cc3)c2C)cnc1C1=CCC(N2CCOCC2)CC1. The first-order valence-corrected chi connectivity index (χ1v) is 13.1. The number of halogens is 3. The number of alkyl halides is 3. The topological polar surface area (TPSA) is 69.5 Å². The zero-order valence-electron chi connectivity index (χ0n) is 22.0. The molecule has 1 atom stereocenters. The first kappa shape index (κ1) is 27.1. The number of hydrogen-bond donors (Lipinski definition) is 0. The zero-order chi connectivity index (χ0) is 27.6. The van der Waals surface area contributed by atoms with Crippen LogP contribution in [0.15, 0.2) is 48.8 Å². The van der Waals surface area contributed by atoms with Crippen LogP contribution in [0, 0.1) is 13.8 Å². The molecule has 1 aliphatic carbocycles. The summed E-state index contributed by atoms with van der Waals surface area (Å²) < 4.78 is 48.2. The molecule has 0 bridgehead atoms. The summed E-state index contributed by atoms with van der Waals surface area (Å²) in [6.45, 7) is 7.39. The molecule has 2 aromatic heterocycles. The molecule has 0 saturated carbocycles. The maximum Gasteiger partial charge on any atom is 0.573 e. The van der Waals surface area contributed by atoms with E-state index in [1.54, 1.807) is 13.1 Å². The van der Waals surface area contributed by atoms with Gasteiger partial charge >= 0.3 is 6.36 Å². The van der Waals surface area contributed by atoms with Crippen molar-refractivity contribution in [1.29, 1.82) is 0 Å². The molecular formula is C29H31F3N4O3. The first-order chi connectivity index (χ1) is 18.7. The standard InChI is InChI=1S/C29H31F3N4O3/c1-19-15-21(17-33-28(19)22-3-5-23(6-4-22)35-11-13-38-14-12-35)16-27(37)26-18-34-36(20(26)2)24-7-9-25(10-8-24)39-29(30,31)32/h3,7-10,15,17-18,23H,4-6,11-14,16H2,1-2H3. The Hall–Kier alpha value is -3.50.